The van der Waals surface area contributed by atoms with Gasteiger partial charge in [-0.1, -0.05) is 6.07 Å². The van der Waals surface area contributed by atoms with Gasteiger partial charge in [0.1, 0.15) is 5.75 Å². The zero-order chi connectivity index (χ0) is 14.1. The van der Waals surface area contributed by atoms with Crippen molar-refractivity contribution in [1.82, 2.24) is 4.98 Å². The summed E-state index contributed by atoms with van der Waals surface area (Å²) in [6.07, 6.45) is 1.85. The Bertz CT molecular complexity index is 777. The summed E-state index contributed by atoms with van der Waals surface area (Å²) in [6, 6.07) is 14.1. The molecule has 100 valence electrons. The molecule has 0 unspecified atom stereocenters. The summed E-state index contributed by atoms with van der Waals surface area (Å²) in [5.41, 5.74) is 2.27. The van der Waals surface area contributed by atoms with Crippen molar-refractivity contribution in [2.75, 3.05) is 11.9 Å². The second-order valence-electron chi connectivity index (χ2n) is 4.66. The van der Waals surface area contributed by atoms with Crippen molar-refractivity contribution in [3.05, 3.63) is 60.3 Å². The third-order valence-corrected chi connectivity index (χ3v) is 3.32. The van der Waals surface area contributed by atoms with Gasteiger partial charge in [-0.2, -0.15) is 0 Å². The van der Waals surface area contributed by atoms with Crippen LogP contribution in [0.1, 0.15) is 10.4 Å². The Morgan fingerprint density at radius 3 is 2.80 bits per heavy atom. The number of carbonyl (C=O) groups is 1. The van der Waals surface area contributed by atoms with Gasteiger partial charge in [-0.3, -0.25) is 4.79 Å². The van der Waals surface area contributed by atoms with Crippen LogP contribution in [0.3, 0.4) is 0 Å². The van der Waals surface area contributed by atoms with Crippen LogP contribution in [0.15, 0.2) is 54.7 Å². The molecule has 2 aromatic carbocycles. The van der Waals surface area contributed by atoms with Crippen LogP contribution in [0.25, 0.3) is 10.9 Å². The molecule has 0 spiro atoms. The highest BCUT2D eigenvalue weighted by atomic mass is 16.3. The molecular weight excluding hydrogens is 252 g/mol. The number of anilines is 1. The average molecular weight is 266 g/mol. The molecule has 0 saturated carbocycles. The molecular formula is C16H14N2O2. The van der Waals surface area contributed by atoms with E-state index in [0.717, 1.165) is 10.9 Å². The first-order valence-corrected chi connectivity index (χ1v) is 6.29. The number of hydrogen-bond acceptors (Lipinski definition) is 2. The Balaban J connectivity index is 1.94. The Labute approximate surface area is 116 Å². The van der Waals surface area contributed by atoms with Crippen LogP contribution < -0.4 is 4.90 Å². The number of phenols is 1. The SMILES string of the molecule is CN(C(=O)c1ccc2[nH]ccc2c1)c1cccc(O)c1. The first kappa shape index (κ1) is 12.3. The van der Waals surface area contributed by atoms with Crippen LogP contribution in [0.4, 0.5) is 5.69 Å². The molecule has 1 aromatic heterocycles. The molecule has 1 amide bonds. The number of amides is 1. The summed E-state index contributed by atoms with van der Waals surface area (Å²) in [7, 11) is 1.69. The number of carbonyl (C=O) groups excluding carboxylic acids is 1. The summed E-state index contributed by atoms with van der Waals surface area (Å²) in [6.45, 7) is 0. The number of nitrogens with zero attached hydrogens (tertiary/aromatic N) is 1. The number of aromatic amines is 1. The standard InChI is InChI=1S/C16H14N2O2/c1-18(13-3-2-4-14(19)10-13)16(20)12-5-6-15-11(9-12)7-8-17-15/h2-10,17,19H,1H3. The zero-order valence-corrected chi connectivity index (χ0v) is 11.0. The number of hydrogen-bond donors (Lipinski definition) is 2. The summed E-state index contributed by atoms with van der Waals surface area (Å²) in [5, 5.41) is 10.5. The maximum absolute atomic E-state index is 12.5. The average Bonchev–Trinajstić information content (AvgIpc) is 2.93. The molecule has 0 aliphatic rings. The van der Waals surface area contributed by atoms with Crippen LogP contribution in [0.2, 0.25) is 0 Å². The van der Waals surface area contributed by atoms with Crippen molar-refractivity contribution in [3.63, 3.8) is 0 Å². The van der Waals surface area contributed by atoms with E-state index in [4.69, 9.17) is 0 Å². The number of nitrogens with one attached hydrogen (secondary N) is 1. The number of phenolic OH excluding ortho intramolecular Hbond substituents is 1. The Kier molecular flexibility index (Phi) is 2.91. The molecule has 2 N–H and O–H groups in total. The van der Waals surface area contributed by atoms with Crippen molar-refractivity contribution in [1.29, 1.82) is 0 Å². The fourth-order valence-corrected chi connectivity index (χ4v) is 2.20. The van der Waals surface area contributed by atoms with Gasteiger partial charge in [-0.15, -0.1) is 0 Å². The summed E-state index contributed by atoms with van der Waals surface area (Å²) in [5.74, 6) is 0.0296. The van der Waals surface area contributed by atoms with Crippen molar-refractivity contribution >= 4 is 22.5 Å². The lowest BCUT2D eigenvalue weighted by Gasteiger charge is -2.17. The molecule has 0 aliphatic carbocycles. The Morgan fingerprint density at radius 2 is 2.00 bits per heavy atom. The normalized spacial score (nSPS) is 10.7. The van der Waals surface area contributed by atoms with Gasteiger partial charge in [0.25, 0.3) is 5.91 Å². The molecule has 4 heteroatoms. The van der Waals surface area contributed by atoms with Gasteiger partial charge in [0.15, 0.2) is 0 Å². The Morgan fingerprint density at radius 1 is 1.15 bits per heavy atom. The molecule has 3 rings (SSSR count). The maximum Gasteiger partial charge on any atom is 0.258 e. The lowest BCUT2D eigenvalue weighted by molar-refractivity contribution is 0.0993. The third-order valence-electron chi connectivity index (χ3n) is 3.32. The summed E-state index contributed by atoms with van der Waals surface area (Å²) >= 11 is 0. The van der Waals surface area contributed by atoms with Crippen LogP contribution in [-0.2, 0) is 0 Å². The van der Waals surface area contributed by atoms with Crippen LogP contribution in [-0.4, -0.2) is 23.0 Å². The van der Waals surface area contributed by atoms with Gasteiger partial charge in [0, 0.05) is 41.5 Å². The minimum absolute atomic E-state index is 0.112. The quantitative estimate of drug-likeness (QED) is 0.748. The summed E-state index contributed by atoms with van der Waals surface area (Å²) in [4.78, 5) is 17.1. The van der Waals surface area contributed by atoms with Crippen LogP contribution in [0.5, 0.6) is 5.75 Å². The maximum atomic E-state index is 12.5. The number of aromatic hydroxyl groups is 1. The monoisotopic (exact) mass is 266 g/mol. The largest absolute Gasteiger partial charge is 0.508 e. The second kappa shape index (κ2) is 4.74. The second-order valence-corrected chi connectivity index (χ2v) is 4.66. The van der Waals surface area contributed by atoms with E-state index in [2.05, 4.69) is 4.98 Å². The molecule has 0 aliphatic heterocycles. The molecule has 0 saturated heterocycles. The van der Waals surface area contributed by atoms with Crippen LogP contribution in [0, 0.1) is 0 Å². The first-order valence-electron chi connectivity index (χ1n) is 6.29. The number of fused-ring (bicyclic) bond motifs is 1. The number of benzene rings is 2. The molecule has 0 bridgehead atoms. The Hall–Kier alpha value is -2.75. The van der Waals surface area contributed by atoms with E-state index in [9.17, 15) is 9.90 Å². The van der Waals surface area contributed by atoms with Gasteiger partial charge in [-0.25, -0.2) is 0 Å². The highest BCUT2D eigenvalue weighted by Gasteiger charge is 2.14. The van der Waals surface area contributed by atoms with Crippen molar-refractivity contribution < 1.29 is 9.90 Å². The zero-order valence-electron chi connectivity index (χ0n) is 11.0. The highest BCUT2D eigenvalue weighted by Crippen LogP contribution is 2.22. The smallest absolute Gasteiger partial charge is 0.258 e. The molecule has 1 heterocycles. The summed E-state index contributed by atoms with van der Waals surface area (Å²) < 4.78 is 0. The first-order chi connectivity index (χ1) is 9.65. The number of rotatable bonds is 2. The highest BCUT2D eigenvalue weighted by molar-refractivity contribution is 6.07. The van der Waals surface area contributed by atoms with E-state index in [0.29, 0.717) is 11.3 Å². The van der Waals surface area contributed by atoms with E-state index in [1.165, 1.54) is 4.90 Å². The van der Waals surface area contributed by atoms with Crippen molar-refractivity contribution in [2.45, 2.75) is 0 Å². The molecule has 4 nitrogen and oxygen atoms in total. The van der Waals surface area contributed by atoms with E-state index in [1.807, 2.05) is 24.4 Å². The lowest BCUT2D eigenvalue weighted by Crippen LogP contribution is -2.26. The van der Waals surface area contributed by atoms with E-state index in [-0.39, 0.29) is 11.7 Å². The van der Waals surface area contributed by atoms with Gasteiger partial charge in [0.2, 0.25) is 0 Å². The van der Waals surface area contributed by atoms with Crippen molar-refractivity contribution in [2.24, 2.45) is 0 Å². The fraction of sp³-hybridized carbons (Fsp3) is 0.0625. The fourth-order valence-electron chi connectivity index (χ4n) is 2.20. The van der Waals surface area contributed by atoms with Crippen LogP contribution >= 0.6 is 0 Å². The lowest BCUT2D eigenvalue weighted by atomic mass is 10.1. The molecule has 3 aromatic rings. The van der Waals surface area contributed by atoms with Gasteiger partial charge < -0.3 is 15.0 Å². The predicted octanol–water partition coefficient (Wildman–Crippen LogP) is 3.15. The minimum atomic E-state index is -0.112. The molecule has 0 fully saturated rings. The van der Waals surface area contributed by atoms with E-state index >= 15 is 0 Å². The number of H-pyrrole nitrogens is 1. The van der Waals surface area contributed by atoms with Gasteiger partial charge in [-0.05, 0) is 36.4 Å². The molecule has 0 radical (unpaired) electrons. The van der Waals surface area contributed by atoms with E-state index < -0.39 is 0 Å². The minimum Gasteiger partial charge on any atom is -0.508 e. The van der Waals surface area contributed by atoms with Gasteiger partial charge >= 0.3 is 0 Å². The topological polar surface area (TPSA) is 56.3 Å². The van der Waals surface area contributed by atoms with Crippen molar-refractivity contribution in [3.8, 4) is 5.75 Å². The van der Waals surface area contributed by atoms with Gasteiger partial charge in [0.05, 0.1) is 0 Å². The predicted molar refractivity (Wildman–Crippen MR) is 79.1 cm³/mol. The third kappa shape index (κ3) is 2.12. The van der Waals surface area contributed by atoms with E-state index in [1.54, 1.807) is 37.4 Å². The molecule has 20 heavy (non-hydrogen) atoms. The molecule has 0 atom stereocenters. The number of aromatic nitrogens is 1.